The Labute approximate surface area is 80.2 Å². The van der Waals surface area contributed by atoms with E-state index in [-0.39, 0.29) is 11.2 Å². The van der Waals surface area contributed by atoms with Crippen LogP contribution in [0.1, 0.15) is 19.8 Å². The monoisotopic (exact) mass is 236 g/mol. The number of imide groups is 1. The van der Waals surface area contributed by atoms with Crippen LogP contribution in [0.4, 0.5) is 4.79 Å². The third kappa shape index (κ3) is 6.15. The lowest BCUT2D eigenvalue weighted by molar-refractivity contribution is -0.117. The van der Waals surface area contributed by atoms with E-state index in [0.717, 1.165) is 12.8 Å². The second kappa shape index (κ2) is 7.09. The lowest BCUT2D eigenvalue weighted by Crippen LogP contribution is -2.40. The van der Waals surface area contributed by atoms with Crippen molar-refractivity contribution >= 4 is 27.9 Å². The van der Waals surface area contributed by atoms with Gasteiger partial charge in [-0.3, -0.25) is 10.1 Å². The molecule has 5 heteroatoms. The molecule has 0 unspecified atom stereocenters. The summed E-state index contributed by atoms with van der Waals surface area (Å²) >= 11 is 2.93. The first-order valence-corrected chi connectivity index (χ1v) is 4.96. The Hall–Kier alpha value is -0.580. The summed E-state index contributed by atoms with van der Waals surface area (Å²) in [5, 5.41) is 4.86. The van der Waals surface area contributed by atoms with E-state index in [0.29, 0.717) is 6.54 Å². The van der Waals surface area contributed by atoms with Crippen LogP contribution in [0, 0.1) is 0 Å². The van der Waals surface area contributed by atoms with E-state index in [1.165, 1.54) is 0 Å². The van der Waals surface area contributed by atoms with Crippen molar-refractivity contribution in [2.45, 2.75) is 19.8 Å². The summed E-state index contributed by atoms with van der Waals surface area (Å²) in [6.07, 6.45) is 1.95. The Morgan fingerprint density at radius 2 is 2.08 bits per heavy atom. The number of hydrogen-bond acceptors (Lipinski definition) is 2. The highest BCUT2D eigenvalue weighted by Crippen LogP contribution is 1.82. The zero-order valence-electron chi connectivity index (χ0n) is 7.02. The average molecular weight is 237 g/mol. The standard InChI is InChI=1S/C7H13BrN2O2/c1-2-3-4-9-7(12)10-6(11)5-8/h2-5H2,1H3,(H2,9,10,11,12). The van der Waals surface area contributed by atoms with E-state index >= 15 is 0 Å². The van der Waals surface area contributed by atoms with Crippen molar-refractivity contribution in [3.63, 3.8) is 0 Å². The molecule has 0 saturated carbocycles. The van der Waals surface area contributed by atoms with Crippen LogP contribution >= 0.6 is 15.9 Å². The first-order valence-electron chi connectivity index (χ1n) is 3.84. The highest BCUT2D eigenvalue weighted by Gasteiger charge is 2.03. The van der Waals surface area contributed by atoms with Crippen molar-refractivity contribution in [1.29, 1.82) is 0 Å². The molecule has 0 atom stereocenters. The SMILES string of the molecule is CCCCNC(=O)NC(=O)CBr. The van der Waals surface area contributed by atoms with E-state index in [9.17, 15) is 9.59 Å². The maximum atomic E-state index is 10.8. The predicted octanol–water partition coefficient (Wildman–Crippen LogP) is 1.01. The Kier molecular flexibility index (Phi) is 6.75. The molecule has 4 nitrogen and oxygen atoms in total. The Bertz CT molecular complexity index is 161. The molecule has 0 aliphatic rings. The second-order valence-electron chi connectivity index (χ2n) is 2.29. The zero-order valence-corrected chi connectivity index (χ0v) is 8.61. The van der Waals surface area contributed by atoms with Crippen molar-refractivity contribution in [3.05, 3.63) is 0 Å². The molecular formula is C7H13BrN2O2. The molecule has 0 aromatic rings. The minimum absolute atomic E-state index is 0.147. The summed E-state index contributed by atoms with van der Waals surface area (Å²) in [6.45, 7) is 2.64. The van der Waals surface area contributed by atoms with Gasteiger partial charge in [0.2, 0.25) is 5.91 Å². The van der Waals surface area contributed by atoms with Crippen LogP contribution in [0.2, 0.25) is 0 Å². The molecule has 0 radical (unpaired) electrons. The highest BCUT2D eigenvalue weighted by atomic mass is 79.9. The quantitative estimate of drug-likeness (QED) is 0.566. The van der Waals surface area contributed by atoms with E-state index in [1.807, 2.05) is 6.92 Å². The summed E-state index contributed by atoms with van der Waals surface area (Å²) in [6, 6.07) is -0.423. The molecule has 0 fully saturated rings. The van der Waals surface area contributed by atoms with E-state index < -0.39 is 6.03 Å². The number of hydrogen-bond donors (Lipinski definition) is 2. The van der Waals surface area contributed by atoms with Crippen LogP contribution in [0.3, 0.4) is 0 Å². The van der Waals surface area contributed by atoms with Crippen molar-refractivity contribution in [3.8, 4) is 0 Å². The normalized spacial score (nSPS) is 9.17. The number of urea groups is 1. The van der Waals surface area contributed by atoms with Gasteiger partial charge in [-0.15, -0.1) is 0 Å². The van der Waals surface area contributed by atoms with Crippen molar-refractivity contribution in [2.24, 2.45) is 0 Å². The largest absolute Gasteiger partial charge is 0.338 e. The van der Waals surface area contributed by atoms with Crippen LogP contribution in [0.15, 0.2) is 0 Å². The van der Waals surface area contributed by atoms with Gasteiger partial charge >= 0.3 is 6.03 Å². The third-order valence-corrected chi connectivity index (χ3v) is 1.70. The molecule has 0 rings (SSSR count). The molecule has 0 aliphatic carbocycles. The summed E-state index contributed by atoms with van der Waals surface area (Å²) in [5.74, 6) is -0.330. The molecule has 12 heavy (non-hydrogen) atoms. The van der Waals surface area contributed by atoms with Gasteiger partial charge in [0.15, 0.2) is 0 Å². The molecule has 0 aliphatic heterocycles. The van der Waals surface area contributed by atoms with Gasteiger partial charge in [0.25, 0.3) is 0 Å². The van der Waals surface area contributed by atoms with E-state index in [1.54, 1.807) is 0 Å². The number of nitrogens with one attached hydrogen (secondary N) is 2. The molecule has 70 valence electrons. The molecule has 0 aromatic carbocycles. The molecule has 0 saturated heterocycles. The number of carbonyl (C=O) groups is 2. The highest BCUT2D eigenvalue weighted by molar-refractivity contribution is 9.09. The molecule has 3 amide bonds. The van der Waals surface area contributed by atoms with Gasteiger partial charge in [0.1, 0.15) is 0 Å². The van der Waals surface area contributed by atoms with E-state index in [4.69, 9.17) is 0 Å². The van der Waals surface area contributed by atoms with Gasteiger partial charge < -0.3 is 5.32 Å². The van der Waals surface area contributed by atoms with Crippen LogP contribution in [0.5, 0.6) is 0 Å². The maximum absolute atomic E-state index is 10.8. The minimum atomic E-state index is -0.423. The van der Waals surface area contributed by atoms with Crippen LogP contribution in [-0.2, 0) is 4.79 Å². The molecule has 0 heterocycles. The van der Waals surface area contributed by atoms with Crippen LogP contribution < -0.4 is 10.6 Å². The zero-order chi connectivity index (χ0) is 9.40. The summed E-state index contributed by atoms with van der Waals surface area (Å²) in [7, 11) is 0. The molecule has 2 N–H and O–H groups in total. The van der Waals surface area contributed by atoms with Gasteiger partial charge in [-0.1, -0.05) is 29.3 Å². The first-order chi connectivity index (χ1) is 5.70. The first kappa shape index (κ1) is 11.4. The minimum Gasteiger partial charge on any atom is -0.338 e. The number of unbranched alkanes of at least 4 members (excludes halogenated alkanes) is 1. The number of rotatable bonds is 4. The molecular weight excluding hydrogens is 224 g/mol. The summed E-state index contributed by atoms with van der Waals surface area (Å²) < 4.78 is 0. The Balaban J connectivity index is 3.40. The predicted molar refractivity (Wildman–Crippen MR) is 50.2 cm³/mol. The number of carbonyl (C=O) groups excluding carboxylic acids is 2. The van der Waals surface area contributed by atoms with Crippen molar-refractivity contribution in [1.82, 2.24) is 10.6 Å². The number of alkyl halides is 1. The third-order valence-electron chi connectivity index (χ3n) is 1.19. The van der Waals surface area contributed by atoms with Crippen molar-refractivity contribution in [2.75, 3.05) is 11.9 Å². The van der Waals surface area contributed by atoms with Crippen molar-refractivity contribution < 1.29 is 9.59 Å². The van der Waals surface area contributed by atoms with Gasteiger partial charge in [0, 0.05) is 6.54 Å². The Morgan fingerprint density at radius 3 is 2.58 bits per heavy atom. The molecule has 0 spiro atoms. The second-order valence-corrected chi connectivity index (χ2v) is 2.85. The van der Waals surface area contributed by atoms with Gasteiger partial charge in [-0.2, -0.15) is 0 Å². The fourth-order valence-electron chi connectivity index (χ4n) is 0.583. The fraction of sp³-hybridized carbons (Fsp3) is 0.714. The maximum Gasteiger partial charge on any atom is 0.321 e. The van der Waals surface area contributed by atoms with E-state index in [2.05, 4.69) is 26.6 Å². The number of halogens is 1. The van der Waals surface area contributed by atoms with Crippen LogP contribution in [-0.4, -0.2) is 23.8 Å². The van der Waals surface area contributed by atoms with Gasteiger partial charge in [-0.05, 0) is 6.42 Å². The van der Waals surface area contributed by atoms with Crippen LogP contribution in [0.25, 0.3) is 0 Å². The average Bonchev–Trinajstić information content (AvgIpc) is 2.05. The Morgan fingerprint density at radius 1 is 1.42 bits per heavy atom. The summed E-state index contributed by atoms with van der Waals surface area (Å²) in [5.41, 5.74) is 0. The summed E-state index contributed by atoms with van der Waals surface area (Å²) in [4.78, 5) is 21.5. The molecule has 0 bridgehead atoms. The van der Waals surface area contributed by atoms with Gasteiger partial charge in [-0.25, -0.2) is 4.79 Å². The lowest BCUT2D eigenvalue weighted by atomic mass is 10.3. The van der Waals surface area contributed by atoms with Gasteiger partial charge in [0.05, 0.1) is 5.33 Å². The number of amides is 3. The topological polar surface area (TPSA) is 58.2 Å². The molecule has 0 aromatic heterocycles. The fourth-order valence-corrected chi connectivity index (χ4v) is 0.723. The lowest BCUT2D eigenvalue weighted by Gasteiger charge is -2.03. The smallest absolute Gasteiger partial charge is 0.321 e.